The summed E-state index contributed by atoms with van der Waals surface area (Å²) in [5.74, 6) is -4.64. The number of hydrogen-bond acceptors (Lipinski definition) is 5. The summed E-state index contributed by atoms with van der Waals surface area (Å²) in [5.41, 5.74) is 4.68. The molecule has 0 spiro atoms. The number of rotatable bonds is 7. The largest absolute Gasteiger partial charge is 0.481 e. The van der Waals surface area contributed by atoms with Gasteiger partial charge in [0.05, 0.1) is 16.5 Å². The van der Waals surface area contributed by atoms with Crippen molar-refractivity contribution in [3.05, 3.63) is 63.9 Å². The molecule has 0 aliphatic carbocycles. The number of carbonyl (C=O) groups is 2. The van der Waals surface area contributed by atoms with E-state index in [0.717, 1.165) is 16.4 Å². The number of carboxylic acids is 1. The predicted octanol–water partition coefficient (Wildman–Crippen LogP) is 3.65. The Hall–Kier alpha value is -2.04. The molecule has 11 heteroatoms. The first-order valence-corrected chi connectivity index (χ1v) is 11.8. The van der Waals surface area contributed by atoms with Crippen LogP contribution in [0.1, 0.15) is 31.4 Å². The van der Waals surface area contributed by atoms with E-state index in [2.05, 4.69) is 0 Å². The molecule has 3 rings (SSSR count). The van der Waals surface area contributed by atoms with Crippen LogP contribution in [0.15, 0.2) is 47.4 Å². The summed E-state index contributed by atoms with van der Waals surface area (Å²) in [5, 5.41) is 10.0. The summed E-state index contributed by atoms with van der Waals surface area (Å²) < 4.78 is 41.0. The zero-order valence-corrected chi connectivity index (χ0v) is 19.3. The van der Waals surface area contributed by atoms with Gasteiger partial charge in [-0.25, -0.2) is 12.8 Å². The van der Waals surface area contributed by atoms with E-state index in [1.54, 1.807) is 0 Å². The van der Waals surface area contributed by atoms with Crippen LogP contribution in [0.25, 0.3) is 0 Å². The number of aliphatic carboxylic acids is 1. The lowest BCUT2D eigenvalue weighted by atomic mass is 9.80. The van der Waals surface area contributed by atoms with Crippen molar-refractivity contribution in [3.63, 3.8) is 0 Å². The minimum Gasteiger partial charge on any atom is -0.481 e. The van der Waals surface area contributed by atoms with Crippen molar-refractivity contribution < 1.29 is 27.5 Å². The summed E-state index contributed by atoms with van der Waals surface area (Å²) in [4.78, 5) is 25.4. The average Bonchev–Trinajstić information content (AvgIpc) is 3.11. The lowest BCUT2D eigenvalue weighted by Crippen LogP contribution is -2.55. The maximum absolute atomic E-state index is 13.5. The fourth-order valence-electron chi connectivity index (χ4n) is 4.02. The molecule has 1 fully saturated rings. The Morgan fingerprint density at radius 1 is 1.16 bits per heavy atom. The summed E-state index contributed by atoms with van der Waals surface area (Å²) >= 11 is 11.9. The third-order valence-corrected chi connectivity index (χ3v) is 8.13. The Labute approximate surface area is 195 Å². The first-order chi connectivity index (χ1) is 14.9. The van der Waals surface area contributed by atoms with E-state index in [-0.39, 0.29) is 33.5 Å². The van der Waals surface area contributed by atoms with Gasteiger partial charge in [0, 0.05) is 16.6 Å². The minimum atomic E-state index is -4.23. The average molecular weight is 503 g/mol. The van der Waals surface area contributed by atoms with Crippen molar-refractivity contribution in [1.29, 1.82) is 0 Å². The molecule has 32 heavy (non-hydrogen) atoms. The highest BCUT2D eigenvalue weighted by Crippen LogP contribution is 2.39. The number of ketones is 1. The summed E-state index contributed by atoms with van der Waals surface area (Å²) in [6.07, 6.45) is 0.452. The Kier molecular flexibility index (Phi) is 6.97. The van der Waals surface area contributed by atoms with Crippen molar-refractivity contribution in [2.24, 2.45) is 11.7 Å². The first-order valence-electron chi connectivity index (χ1n) is 9.65. The van der Waals surface area contributed by atoms with Crippen molar-refractivity contribution in [2.75, 3.05) is 6.54 Å². The molecule has 1 aliphatic heterocycles. The van der Waals surface area contributed by atoms with Crippen molar-refractivity contribution in [1.82, 2.24) is 4.31 Å². The Bertz CT molecular complexity index is 1140. The van der Waals surface area contributed by atoms with Gasteiger partial charge in [-0.1, -0.05) is 35.3 Å². The second kappa shape index (κ2) is 9.07. The number of carboxylic acid groups (broad SMARTS) is 1. The highest BCUT2D eigenvalue weighted by atomic mass is 35.5. The lowest BCUT2D eigenvalue weighted by Gasteiger charge is -2.36. The molecule has 3 N–H and O–H groups in total. The summed E-state index contributed by atoms with van der Waals surface area (Å²) in [6.45, 7) is 1.40. The molecular formula is C21H21Cl2FN2O5S. The van der Waals surface area contributed by atoms with Crippen LogP contribution in [0.2, 0.25) is 10.0 Å². The fourth-order valence-corrected chi connectivity index (χ4v) is 6.56. The van der Waals surface area contributed by atoms with Gasteiger partial charge in [0.1, 0.15) is 11.7 Å². The van der Waals surface area contributed by atoms with Crippen LogP contribution in [0.3, 0.4) is 0 Å². The molecule has 2 aromatic rings. The second-order valence-electron chi connectivity index (χ2n) is 7.82. The van der Waals surface area contributed by atoms with Gasteiger partial charge in [0.15, 0.2) is 5.78 Å². The SMILES string of the molecule is C[C@@]1(C(=O)C(C(=O)O)[C@@H](N)c2ccc(F)cc2)CCCN1S(=O)(=O)c1cc(Cl)cc(Cl)c1. The monoisotopic (exact) mass is 502 g/mol. The summed E-state index contributed by atoms with van der Waals surface area (Å²) in [6, 6.07) is 7.30. The molecule has 172 valence electrons. The van der Waals surface area contributed by atoms with Gasteiger partial charge in [0.25, 0.3) is 0 Å². The van der Waals surface area contributed by atoms with Crippen LogP contribution in [0.4, 0.5) is 4.39 Å². The number of carbonyl (C=O) groups excluding carboxylic acids is 1. The van der Waals surface area contributed by atoms with E-state index in [1.165, 1.54) is 37.3 Å². The number of hydrogen-bond donors (Lipinski definition) is 2. The topological polar surface area (TPSA) is 118 Å². The molecule has 0 amide bonds. The van der Waals surface area contributed by atoms with Crippen molar-refractivity contribution >= 4 is 45.0 Å². The zero-order chi connectivity index (χ0) is 23.8. The van der Waals surface area contributed by atoms with Crippen LogP contribution in [-0.2, 0) is 19.6 Å². The van der Waals surface area contributed by atoms with E-state index < -0.39 is 45.1 Å². The highest BCUT2D eigenvalue weighted by Gasteiger charge is 2.53. The van der Waals surface area contributed by atoms with E-state index in [4.69, 9.17) is 28.9 Å². The fraction of sp³-hybridized carbons (Fsp3) is 0.333. The summed E-state index contributed by atoms with van der Waals surface area (Å²) in [7, 11) is -4.23. The highest BCUT2D eigenvalue weighted by molar-refractivity contribution is 7.89. The Balaban J connectivity index is 2.02. The molecule has 2 aromatic carbocycles. The number of benzene rings is 2. The van der Waals surface area contributed by atoms with Crippen LogP contribution >= 0.6 is 23.2 Å². The third kappa shape index (κ3) is 4.53. The molecule has 1 aliphatic rings. The zero-order valence-electron chi connectivity index (χ0n) is 17.0. The maximum atomic E-state index is 13.5. The van der Waals surface area contributed by atoms with Gasteiger partial charge in [-0.3, -0.25) is 9.59 Å². The van der Waals surface area contributed by atoms with Gasteiger partial charge >= 0.3 is 5.97 Å². The van der Waals surface area contributed by atoms with E-state index in [0.29, 0.717) is 6.42 Å². The number of sulfonamides is 1. The minimum absolute atomic E-state index is 0.00678. The Morgan fingerprint density at radius 3 is 2.25 bits per heavy atom. The van der Waals surface area contributed by atoms with Crippen LogP contribution in [0.5, 0.6) is 0 Å². The van der Waals surface area contributed by atoms with E-state index in [9.17, 15) is 27.5 Å². The standard InChI is InChI=1S/C21H21Cl2FN2O5S/c1-21(19(27)17(20(28)29)18(25)12-3-5-15(24)6-4-12)7-2-8-26(21)32(30,31)16-10-13(22)9-14(23)11-16/h3-6,9-11,17-18H,2,7-8,25H2,1H3,(H,28,29)/t17?,18-,21-/m0/s1. The number of nitrogens with zero attached hydrogens (tertiary/aromatic N) is 1. The second-order valence-corrected chi connectivity index (χ2v) is 10.6. The molecule has 0 saturated carbocycles. The van der Waals surface area contributed by atoms with Gasteiger partial charge in [-0.2, -0.15) is 4.31 Å². The molecule has 0 aromatic heterocycles. The van der Waals surface area contributed by atoms with Crippen LogP contribution in [-0.4, -0.2) is 41.7 Å². The first kappa shape index (κ1) is 24.6. The van der Waals surface area contributed by atoms with Crippen LogP contribution < -0.4 is 5.73 Å². The molecule has 7 nitrogen and oxygen atoms in total. The lowest BCUT2D eigenvalue weighted by molar-refractivity contribution is -0.150. The van der Waals surface area contributed by atoms with Gasteiger partial charge in [0.2, 0.25) is 10.0 Å². The van der Waals surface area contributed by atoms with Crippen LogP contribution in [0, 0.1) is 11.7 Å². The molecule has 0 radical (unpaired) electrons. The third-order valence-electron chi connectivity index (χ3n) is 5.69. The smallest absolute Gasteiger partial charge is 0.316 e. The van der Waals surface area contributed by atoms with Gasteiger partial charge in [-0.05, 0) is 55.7 Å². The molecular weight excluding hydrogens is 482 g/mol. The van der Waals surface area contributed by atoms with Crippen molar-refractivity contribution in [3.8, 4) is 0 Å². The number of nitrogens with two attached hydrogens (primary N) is 1. The normalized spacial score (nSPS) is 21.3. The number of Topliss-reactive ketones (excluding diaryl/α,β-unsaturated/α-hetero) is 1. The van der Waals surface area contributed by atoms with E-state index >= 15 is 0 Å². The molecule has 1 unspecified atom stereocenters. The predicted molar refractivity (Wildman–Crippen MR) is 117 cm³/mol. The van der Waals surface area contributed by atoms with E-state index in [1.807, 2.05) is 0 Å². The molecule has 0 bridgehead atoms. The Morgan fingerprint density at radius 2 is 1.72 bits per heavy atom. The van der Waals surface area contributed by atoms with Gasteiger partial charge < -0.3 is 10.8 Å². The van der Waals surface area contributed by atoms with Crippen molar-refractivity contribution in [2.45, 2.75) is 36.2 Å². The number of halogens is 3. The molecule has 1 heterocycles. The molecule has 3 atom stereocenters. The quantitative estimate of drug-likeness (QED) is 0.557. The maximum Gasteiger partial charge on any atom is 0.316 e. The molecule has 1 saturated heterocycles. The van der Waals surface area contributed by atoms with Gasteiger partial charge in [-0.15, -0.1) is 0 Å².